The van der Waals surface area contributed by atoms with Crippen LogP contribution in [0.15, 0.2) is 42.5 Å². The van der Waals surface area contributed by atoms with Crippen LogP contribution in [0, 0.1) is 13.8 Å². The van der Waals surface area contributed by atoms with Crippen molar-refractivity contribution in [2.45, 2.75) is 13.8 Å². The van der Waals surface area contributed by atoms with Gasteiger partial charge in [-0.25, -0.2) is 4.79 Å². The summed E-state index contributed by atoms with van der Waals surface area (Å²) < 4.78 is 15.8. The molecule has 4 nitrogen and oxygen atoms in total. The minimum atomic E-state index is -0.424. The minimum Gasteiger partial charge on any atom is -0.493 e. The van der Waals surface area contributed by atoms with Crippen LogP contribution in [0.5, 0.6) is 17.2 Å². The van der Waals surface area contributed by atoms with Crippen molar-refractivity contribution in [1.82, 2.24) is 0 Å². The van der Waals surface area contributed by atoms with Crippen LogP contribution < -0.4 is 14.2 Å². The van der Waals surface area contributed by atoms with E-state index in [1.165, 1.54) is 6.08 Å². The third-order valence-electron chi connectivity index (χ3n) is 3.36. The average molecular weight is 312 g/mol. The monoisotopic (exact) mass is 312 g/mol. The molecule has 0 N–H and O–H groups in total. The van der Waals surface area contributed by atoms with Crippen molar-refractivity contribution in [3.63, 3.8) is 0 Å². The second-order valence-electron chi connectivity index (χ2n) is 5.14. The molecule has 0 amide bonds. The second kappa shape index (κ2) is 7.49. The van der Waals surface area contributed by atoms with Crippen LogP contribution in [-0.2, 0) is 4.79 Å². The van der Waals surface area contributed by atoms with Crippen LogP contribution in [0.3, 0.4) is 0 Å². The van der Waals surface area contributed by atoms with Gasteiger partial charge < -0.3 is 14.2 Å². The zero-order valence-electron chi connectivity index (χ0n) is 13.8. The lowest BCUT2D eigenvalue weighted by Gasteiger charge is -2.08. The number of hydrogen-bond acceptors (Lipinski definition) is 4. The molecule has 0 fully saturated rings. The van der Waals surface area contributed by atoms with Crippen molar-refractivity contribution < 1.29 is 19.0 Å². The van der Waals surface area contributed by atoms with E-state index in [9.17, 15) is 4.79 Å². The molecule has 0 unspecified atom stereocenters. The van der Waals surface area contributed by atoms with Crippen molar-refractivity contribution >= 4 is 12.0 Å². The van der Waals surface area contributed by atoms with Gasteiger partial charge in [-0.05, 0) is 49.2 Å². The fourth-order valence-electron chi connectivity index (χ4n) is 2.18. The molecule has 23 heavy (non-hydrogen) atoms. The molecule has 0 spiro atoms. The Bertz CT molecular complexity index is 732. The van der Waals surface area contributed by atoms with E-state index < -0.39 is 5.97 Å². The Morgan fingerprint density at radius 3 is 2.26 bits per heavy atom. The molecule has 120 valence electrons. The molecule has 0 heterocycles. The van der Waals surface area contributed by atoms with Crippen LogP contribution in [0.25, 0.3) is 6.08 Å². The Hall–Kier alpha value is -2.75. The van der Waals surface area contributed by atoms with Crippen LogP contribution in [-0.4, -0.2) is 20.2 Å². The maximum Gasteiger partial charge on any atom is 0.336 e. The predicted molar refractivity (Wildman–Crippen MR) is 90.1 cm³/mol. The standard InChI is InChI=1S/C19H20O4/c1-13-5-8-16(14(2)11-13)23-19(20)10-7-15-6-9-17(21-3)18(12-15)22-4/h5-12H,1-4H3. The zero-order chi connectivity index (χ0) is 16.8. The van der Waals surface area contributed by atoms with E-state index in [0.717, 1.165) is 16.7 Å². The first-order chi connectivity index (χ1) is 11.0. The maximum absolute atomic E-state index is 11.9. The average Bonchev–Trinajstić information content (AvgIpc) is 2.55. The van der Waals surface area contributed by atoms with Gasteiger partial charge in [-0.2, -0.15) is 0 Å². The highest BCUT2D eigenvalue weighted by atomic mass is 16.5. The fourth-order valence-corrected chi connectivity index (χ4v) is 2.18. The van der Waals surface area contributed by atoms with Gasteiger partial charge >= 0.3 is 5.97 Å². The number of hydrogen-bond donors (Lipinski definition) is 0. The van der Waals surface area contributed by atoms with E-state index in [2.05, 4.69) is 0 Å². The van der Waals surface area contributed by atoms with E-state index in [1.807, 2.05) is 32.0 Å². The summed E-state index contributed by atoms with van der Waals surface area (Å²) in [5, 5.41) is 0. The van der Waals surface area contributed by atoms with Gasteiger partial charge in [0.25, 0.3) is 0 Å². The number of ether oxygens (including phenoxy) is 3. The Labute approximate surface area is 136 Å². The summed E-state index contributed by atoms with van der Waals surface area (Å²) in [5.74, 6) is 1.39. The number of benzene rings is 2. The van der Waals surface area contributed by atoms with Gasteiger partial charge in [0.2, 0.25) is 0 Å². The van der Waals surface area contributed by atoms with Gasteiger partial charge in [0.15, 0.2) is 11.5 Å². The van der Waals surface area contributed by atoms with E-state index in [1.54, 1.807) is 38.5 Å². The lowest BCUT2D eigenvalue weighted by atomic mass is 10.1. The molecule has 0 radical (unpaired) electrons. The molecule has 0 saturated carbocycles. The summed E-state index contributed by atoms with van der Waals surface area (Å²) in [6.07, 6.45) is 3.06. The Morgan fingerprint density at radius 2 is 1.61 bits per heavy atom. The quantitative estimate of drug-likeness (QED) is 0.476. The number of methoxy groups -OCH3 is 2. The van der Waals surface area contributed by atoms with Crippen LogP contribution >= 0.6 is 0 Å². The highest BCUT2D eigenvalue weighted by Crippen LogP contribution is 2.28. The number of aryl methyl sites for hydroxylation is 2. The van der Waals surface area contributed by atoms with Gasteiger partial charge in [-0.1, -0.05) is 23.8 Å². The SMILES string of the molecule is COc1ccc(C=CC(=O)Oc2ccc(C)cc2C)cc1OC. The molecule has 2 aromatic carbocycles. The number of carbonyl (C=O) groups excluding carboxylic acids is 1. The van der Waals surface area contributed by atoms with Gasteiger partial charge in [0.1, 0.15) is 5.75 Å². The molecule has 0 aromatic heterocycles. The molecule has 2 rings (SSSR count). The first-order valence-corrected chi connectivity index (χ1v) is 7.22. The smallest absolute Gasteiger partial charge is 0.336 e. The van der Waals surface area contributed by atoms with Gasteiger partial charge in [-0.15, -0.1) is 0 Å². The van der Waals surface area contributed by atoms with Crippen molar-refractivity contribution in [1.29, 1.82) is 0 Å². The number of carbonyl (C=O) groups is 1. The van der Waals surface area contributed by atoms with Crippen LogP contribution in [0.4, 0.5) is 0 Å². The topological polar surface area (TPSA) is 44.8 Å². The molecule has 2 aromatic rings. The van der Waals surface area contributed by atoms with E-state index in [-0.39, 0.29) is 0 Å². The molecule has 4 heteroatoms. The maximum atomic E-state index is 11.9. The number of esters is 1. The summed E-state index contributed by atoms with van der Waals surface area (Å²) in [7, 11) is 3.15. The Morgan fingerprint density at radius 1 is 0.913 bits per heavy atom. The lowest BCUT2D eigenvalue weighted by molar-refractivity contribution is -0.128. The zero-order valence-corrected chi connectivity index (χ0v) is 13.8. The summed E-state index contributed by atoms with van der Waals surface area (Å²) in [6, 6.07) is 11.1. The Balaban J connectivity index is 2.09. The highest BCUT2D eigenvalue weighted by Gasteiger charge is 2.06. The largest absolute Gasteiger partial charge is 0.493 e. The van der Waals surface area contributed by atoms with Gasteiger partial charge in [0, 0.05) is 6.08 Å². The van der Waals surface area contributed by atoms with Crippen LogP contribution in [0.2, 0.25) is 0 Å². The first kappa shape index (κ1) is 16.6. The predicted octanol–water partition coefficient (Wildman–Crippen LogP) is 3.94. The van der Waals surface area contributed by atoms with Gasteiger partial charge in [-0.3, -0.25) is 0 Å². The lowest BCUT2D eigenvalue weighted by Crippen LogP contribution is -2.04. The Kier molecular flexibility index (Phi) is 5.41. The van der Waals surface area contributed by atoms with Crippen LogP contribution in [0.1, 0.15) is 16.7 Å². The van der Waals surface area contributed by atoms with E-state index in [4.69, 9.17) is 14.2 Å². The molecule has 0 atom stereocenters. The summed E-state index contributed by atoms with van der Waals surface area (Å²) in [5.41, 5.74) is 2.88. The minimum absolute atomic E-state index is 0.424. The van der Waals surface area contributed by atoms with Crippen molar-refractivity contribution in [3.05, 3.63) is 59.2 Å². The third kappa shape index (κ3) is 4.36. The third-order valence-corrected chi connectivity index (χ3v) is 3.36. The molecular formula is C19H20O4. The normalized spacial score (nSPS) is 10.6. The summed E-state index contributed by atoms with van der Waals surface area (Å²) in [6.45, 7) is 3.91. The molecule has 0 aliphatic heterocycles. The molecular weight excluding hydrogens is 292 g/mol. The summed E-state index contributed by atoms with van der Waals surface area (Å²) >= 11 is 0. The highest BCUT2D eigenvalue weighted by molar-refractivity contribution is 5.89. The van der Waals surface area contributed by atoms with Gasteiger partial charge in [0.05, 0.1) is 14.2 Å². The molecule has 0 aliphatic carbocycles. The van der Waals surface area contributed by atoms with Crippen molar-refractivity contribution in [3.8, 4) is 17.2 Å². The van der Waals surface area contributed by atoms with Crippen molar-refractivity contribution in [2.75, 3.05) is 14.2 Å². The van der Waals surface area contributed by atoms with Crippen molar-refractivity contribution in [2.24, 2.45) is 0 Å². The second-order valence-corrected chi connectivity index (χ2v) is 5.14. The molecule has 0 aliphatic rings. The summed E-state index contributed by atoms with van der Waals surface area (Å²) in [4.78, 5) is 11.9. The fraction of sp³-hybridized carbons (Fsp3) is 0.211. The molecule has 0 bridgehead atoms. The molecule has 0 saturated heterocycles. The first-order valence-electron chi connectivity index (χ1n) is 7.22. The van der Waals surface area contributed by atoms with E-state index >= 15 is 0 Å². The van der Waals surface area contributed by atoms with E-state index in [0.29, 0.717) is 17.2 Å². The number of rotatable bonds is 5.